The van der Waals surface area contributed by atoms with E-state index < -0.39 is 5.79 Å². The highest BCUT2D eigenvalue weighted by Crippen LogP contribution is 2.46. The van der Waals surface area contributed by atoms with Crippen LogP contribution in [0.3, 0.4) is 0 Å². The van der Waals surface area contributed by atoms with Crippen LogP contribution in [0.25, 0.3) is 27.3 Å². The largest absolute Gasteiger partial charge is 0.455 e. The first-order chi connectivity index (χ1) is 10.9. The predicted octanol–water partition coefficient (Wildman–Crippen LogP) is 3.87. The summed E-state index contributed by atoms with van der Waals surface area (Å²) < 4.78 is 11.0. The predicted molar refractivity (Wildman–Crippen MR) is 86.5 cm³/mol. The van der Waals surface area contributed by atoms with Gasteiger partial charge >= 0.3 is 5.63 Å². The lowest BCUT2D eigenvalue weighted by Gasteiger charge is -2.20. The first-order valence-electron chi connectivity index (χ1n) is 7.15. The maximum absolute atomic E-state index is 11.5. The molecule has 0 saturated heterocycles. The molecular formula is C18H14O5. The van der Waals surface area contributed by atoms with E-state index in [1.807, 2.05) is 25.1 Å². The average Bonchev–Trinajstić information content (AvgIpc) is 2.76. The van der Waals surface area contributed by atoms with Gasteiger partial charge in [0.15, 0.2) is 0 Å². The molecule has 5 nitrogen and oxygen atoms in total. The Kier molecular flexibility index (Phi) is 2.70. The first kappa shape index (κ1) is 14.0. The summed E-state index contributed by atoms with van der Waals surface area (Å²) in [6, 6.07) is 8.91. The van der Waals surface area contributed by atoms with E-state index >= 15 is 0 Å². The highest BCUT2D eigenvalue weighted by molar-refractivity contribution is 6.09. The van der Waals surface area contributed by atoms with Crippen LogP contribution in [-0.4, -0.2) is 11.0 Å². The molecule has 5 heteroatoms. The molecule has 1 atom stereocenters. The van der Waals surface area contributed by atoms with Crippen molar-refractivity contribution in [2.75, 3.05) is 0 Å². The van der Waals surface area contributed by atoms with Gasteiger partial charge in [0.05, 0.1) is 0 Å². The SMILES string of the molecule is C=C1c2cc3ccc4oc(=O)cc(C)c4c3cc2OC1(C)OO. The molecule has 0 saturated carbocycles. The third-order valence-electron chi connectivity index (χ3n) is 4.37. The summed E-state index contributed by atoms with van der Waals surface area (Å²) in [7, 11) is 0. The molecule has 2 aromatic carbocycles. The number of hydrogen-bond donors (Lipinski definition) is 1. The minimum atomic E-state index is -1.29. The fraction of sp³-hybridized carbons (Fsp3) is 0.167. The Morgan fingerprint density at radius 3 is 2.78 bits per heavy atom. The fourth-order valence-corrected chi connectivity index (χ4v) is 3.12. The Morgan fingerprint density at radius 2 is 2.04 bits per heavy atom. The Labute approximate surface area is 131 Å². The van der Waals surface area contributed by atoms with Crippen molar-refractivity contribution in [3.63, 3.8) is 0 Å². The molecule has 0 bridgehead atoms. The molecule has 3 aromatic rings. The van der Waals surface area contributed by atoms with Crippen molar-refractivity contribution in [2.45, 2.75) is 19.6 Å². The number of hydrogen-bond acceptors (Lipinski definition) is 5. The van der Waals surface area contributed by atoms with Gasteiger partial charge in [0, 0.05) is 29.5 Å². The molecule has 23 heavy (non-hydrogen) atoms. The molecule has 2 heterocycles. The summed E-state index contributed by atoms with van der Waals surface area (Å²) in [6.07, 6.45) is 0. The lowest BCUT2D eigenvalue weighted by molar-refractivity contribution is -0.347. The van der Waals surface area contributed by atoms with E-state index in [0.29, 0.717) is 16.9 Å². The van der Waals surface area contributed by atoms with Crippen molar-refractivity contribution < 1.29 is 19.3 Å². The second-order valence-electron chi connectivity index (χ2n) is 5.87. The first-order valence-corrected chi connectivity index (χ1v) is 7.15. The lowest BCUT2D eigenvalue weighted by atomic mass is 9.96. The molecule has 0 radical (unpaired) electrons. The van der Waals surface area contributed by atoms with Gasteiger partial charge in [0.2, 0.25) is 0 Å². The third kappa shape index (κ3) is 1.84. The minimum Gasteiger partial charge on any atom is -0.455 e. The Hall–Kier alpha value is -2.63. The van der Waals surface area contributed by atoms with Crippen molar-refractivity contribution in [3.8, 4) is 5.75 Å². The summed E-state index contributed by atoms with van der Waals surface area (Å²) in [5, 5.41) is 11.8. The van der Waals surface area contributed by atoms with E-state index in [1.54, 1.807) is 13.0 Å². The third-order valence-corrected chi connectivity index (χ3v) is 4.37. The van der Waals surface area contributed by atoms with Crippen LogP contribution in [0.15, 0.2) is 46.1 Å². The van der Waals surface area contributed by atoms with Crippen molar-refractivity contribution in [1.29, 1.82) is 0 Å². The van der Waals surface area contributed by atoms with Gasteiger partial charge < -0.3 is 9.15 Å². The Balaban J connectivity index is 2.09. The van der Waals surface area contributed by atoms with Crippen LogP contribution in [-0.2, 0) is 4.89 Å². The highest BCUT2D eigenvalue weighted by atomic mass is 17.1. The average molecular weight is 310 g/mol. The normalized spacial score (nSPS) is 20.0. The van der Waals surface area contributed by atoms with Crippen molar-refractivity contribution in [1.82, 2.24) is 0 Å². The van der Waals surface area contributed by atoms with Crippen molar-refractivity contribution in [2.24, 2.45) is 0 Å². The number of ether oxygens (including phenoxy) is 1. The second kappa shape index (κ2) is 4.44. The van der Waals surface area contributed by atoms with Crippen LogP contribution < -0.4 is 10.4 Å². The van der Waals surface area contributed by atoms with Crippen LogP contribution in [0.1, 0.15) is 18.1 Å². The topological polar surface area (TPSA) is 68.9 Å². The van der Waals surface area contributed by atoms with Crippen LogP contribution >= 0.6 is 0 Å². The van der Waals surface area contributed by atoms with Crippen LogP contribution in [0.5, 0.6) is 5.75 Å². The van der Waals surface area contributed by atoms with Gasteiger partial charge in [-0.05, 0) is 41.5 Å². The molecule has 1 N–H and O–H groups in total. The zero-order valence-electron chi connectivity index (χ0n) is 12.7. The number of fused-ring (bicyclic) bond motifs is 4. The maximum Gasteiger partial charge on any atom is 0.336 e. The molecule has 0 fully saturated rings. The van der Waals surface area contributed by atoms with E-state index in [9.17, 15) is 4.79 Å². The number of benzene rings is 2. The van der Waals surface area contributed by atoms with E-state index in [0.717, 1.165) is 27.3 Å². The van der Waals surface area contributed by atoms with Crippen molar-refractivity contribution in [3.05, 3.63) is 58.5 Å². The van der Waals surface area contributed by atoms with Gasteiger partial charge in [0.25, 0.3) is 5.79 Å². The minimum absolute atomic E-state index is 0.374. The molecule has 1 aliphatic rings. The summed E-state index contributed by atoms with van der Waals surface area (Å²) >= 11 is 0. The van der Waals surface area contributed by atoms with Crippen LogP contribution in [0, 0.1) is 6.92 Å². The Bertz CT molecular complexity index is 1050. The van der Waals surface area contributed by atoms with Crippen molar-refractivity contribution >= 4 is 27.3 Å². The zero-order valence-corrected chi connectivity index (χ0v) is 12.7. The smallest absolute Gasteiger partial charge is 0.336 e. The quantitative estimate of drug-likeness (QED) is 0.320. The van der Waals surface area contributed by atoms with Gasteiger partial charge in [-0.15, -0.1) is 0 Å². The molecule has 0 aliphatic carbocycles. The van der Waals surface area contributed by atoms with Gasteiger partial charge in [-0.2, -0.15) is 4.89 Å². The zero-order chi connectivity index (χ0) is 16.4. The lowest BCUT2D eigenvalue weighted by Crippen LogP contribution is -2.31. The molecule has 1 aliphatic heterocycles. The second-order valence-corrected chi connectivity index (χ2v) is 5.87. The number of aryl methyl sites for hydroxylation is 1. The molecule has 1 unspecified atom stereocenters. The molecule has 1 aromatic heterocycles. The van der Waals surface area contributed by atoms with Gasteiger partial charge in [-0.3, -0.25) is 0 Å². The summed E-state index contributed by atoms with van der Waals surface area (Å²) in [5.74, 6) is -0.728. The summed E-state index contributed by atoms with van der Waals surface area (Å²) in [4.78, 5) is 16.0. The maximum atomic E-state index is 11.5. The highest BCUT2D eigenvalue weighted by Gasteiger charge is 2.41. The molecule has 0 amide bonds. The van der Waals surface area contributed by atoms with Gasteiger partial charge in [-0.25, -0.2) is 10.1 Å². The monoisotopic (exact) mass is 310 g/mol. The van der Waals surface area contributed by atoms with Gasteiger partial charge in [-0.1, -0.05) is 12.6 Å². The van der Waals surface area contributed by atoms with E-state index in [4.69, 9.17) is 14.4 Å². The van der Waals surface area contributed by atoms with E-state index in [-0.39, 0.29) is 5.63 Å². The fourth-order valence-electron chi connectivity index (χ4n) is 3.12. The molecule has 4 rings (SSSR count). The van der Waals surface area contributed by atoms with Crippen LogP contribution in [0.4, 0.5) is 0 Å². The molecular weight excluding hydrogens is 296 g/mol. The summed E-state index contributed by atoms with van der Waals surface area (Å²) in [5.41, 5.74) is 2.32. The van der Waals surface area contributed by atoms with E-state index in [1.165, 1.54) is 6.07 Å². The van der Waals surface area contributed by atoms with Crippen LogP contribution in [0.2, 0.25) is 0 Å². The molecule has 116 valence electrons. The molecule has 0 spiro atoms. The standard InChI is InChI=1S/C18H14O5/c1-9-6-16(19)21-14-5-4-11-7-12-10(2)18(3,23-20)22-15(12)8-13(11)17(9)14/h4-8,20H,2H2,1,3H3. The Morgan fingerprint density at radius 1 is 1.26 bits per heavy atom. The van der Waals surface area contributed by atoms with E-state index in [2.05, 4.69) is 11.5 Å². The summed E-state index contributed by atoms with van der Waals surface area (Å²) in [6.45, 7) is 7.42. The number of rotatable bonds is 1. The van der Waals surface area contributed by atoms with Gasteiger partial charge in [0.1, 0.15) is 11.3 Å².